The fraction of sp³-hybridized carbons (Fsp3) is 0.278. The Morgan fingerprint density at radius 2 is 1.82 bits per heavy atom. The van der Waals surface area contributed by atoms with Gasteiger partial charge in [-0.05, 0) is 47.4 Å². The lowest BCUT2D eigenvalue weighted by atomic mass is 9.90. The molecule has 1 aliphatic rings. The van der Waals surface area contributed by atoms with Gasteiger partial charge in [-0.25, -0.2) is 9.18 Å². The molecule has 4 heteroatoms. The molecule has 114 valence electrons. The number of carboxylic acid groups (broad SMARTS) is 1. The van der Waals surface area contributed by atoms with Crippen molar-refractivity contribution in [3.63, 3.8) is 0 Å². The Balaban J connectivity index is 1.97. The Kier molecular flexibility index (Phi) is 3.61. The summed E-state index contributed by atoms with van der Waals surface area (Å²) in [6, 6.07) is 12.8. The number of rotatable bonds is 2. The number of halogens is 1. The van der Waals surface area contributed by atoms with Gasteiger partial charge in [-0.2, -0.15) is 0 Å². The number of anilines is 1. The van der Waals surface area contributed by atoms with Crippen molar-refractivity contribution in [2.75, 3.05) is 11.9 Å². The number of aromatic carboxylic acids is 1. The summed E-state index contributed by atoms with van der Waals surface area (Å²) < 4.78 is 14.1. The summed E-state index contributed by atoms with van der Waals surface area (Å²) in [5, 5.41) is 8.95. The second-order valence-corrected chi connectivity index (χ2v) is 5.89. The van der Waals surface area contributed by atoms with Crippen LogP contribution in [0.3, 0.4) is 0 Å². The molecule has 0 aliphatic carbocycles. The third-order valence-corrected chi connectivity index (χ3v) is 4.31. The highest BCUT2D eigenvalue weighted by molar-refractivity contribution is 5.88. The van der Waals surface area contributed by atoms with Gasteiger partial charge in [-0.15, -0.1) is 0 Å². The average molecular weight is 299 g/mol. The van der Waals surface area contributed by atoms with Crippen molar-refractivity contribution < 1.29 is 14.3 Å². The molecule has 0 saturated carbocycles. The average Bonchev–Trinajstić information content (AvgIpc) is 2.52. The van der Waals surface area contributed by atoms with Gasteiger partial charge in [0.2, 0.25) is 0 Å². The number of hydrogen-bond acceptors (Lipinski definition) is 2. The number of nitrogens with zero attached hydrogens (tertiary/aromatic N) is 1. The van der Waals surface area contributed by atoms with E-state index in [-0.39, 0.29) is 11.5 Å². The first-order valence-electron chi connectivity index (χ1n) is 7.31. The lowest BCUT2D eigenvalue weighted by Gasteiger charge is -2.35. The second kappa shape index (κ2) is 5.44. The van der Waals surface area contributed by atoms with Crippen molar-refractivity contribution >= 4 is 11.7 Å². The van der Waals surface area contributed by atoms with Gasteiger partial charge in [0.05, 0.1) is 5.56 Å². The molecule has 2 atom stereocenters. The van der Waals surface area contributed by atoms with Crippen LogP contribution >= 0.6 is 0 Å². The van der Waals surface area contributed by atoms with E-state index in [4.69, 9.17) is 5.11 Å². The molecule has 1 heterocycles. The first-order chi connectivity index (χ1) is 10.5. The van der Waals surface area contributed by atoms with Crippen molar-refractivity contribution in [3.05, 3.63) is 53.6 Å². The molecule has 0 radical (unpaired) electrons. The first kappa shape index (κ1) is 14.6. The molecule has 1 aliphatic heterocycles. The molecule has 2 aromatic rings. The zero-order valence-corrected chi connectivity index (χ0v) is 12.6. The summed E-state index contributed by atoms with van der Waals surface area (Å²) in [7, 11) is 1.78. The Morgan fingerprint density at radius 3 is 2.45 bits per heavy atom. The van der Waals surface area contributed by atoms with E-state index in [1.54, 1.807) is 36.2 Å². The topological polar surface area (TPSA) is 40.5 Å². The maximum atomic E-state index is 14.1. The molecule has 0 fully saturated rings. The fourth-order valence-corrected chi connectivity index (χ4v) is 3.04. The van der Waals surface area contributed by atoms with Crippen LogP contribution in [0.15, 0.2) is 42.5 Å². The Bertz CT molecular complexity index is 712. The minimum absolute atomic E-state index is 0.0397. The molecule has 2 aromatic carbocycles. The molecule has 3 nitrogen and oxygen atoms in total. The summed E-state index contributed by atoms with van der Waals surface area (Å²) in [5.41, 5.74) is 4.31. The van der Waals surface area contributed by atoms with E-state index >= 15 is 0 Å². The van der Waals surface area contributed by atoms with Crippen molar-refractivity contribution in [1.29, 1.82) is 0 Å². The van der Waals surface area contributed by atoms with Crippen LogP contribution in [0.4, 0.5) is 10.1 Å². The molecule has 0 aromatic heterocycles. The molecule has 22 heavy (non-hydrogen) atoms. The smallest absolute Gasteiger partial charge is 0.335 e. The number of carbonyl (C=O) groups is 1. The molecule has 0 unspecified atom stereocenters. The van der Waals surface area contributed by atoms with E-state index in [0.29, 0.717) is 6.42 Å². The fourth-order valence-electron chi connectivity index (χ4n) is 3.04. The third kappa shape index (κ3) is 2.45. The van der Waals surface area contributed by atoms with E-state index in [2.05, 4.69) is 6.07 Å². The van der Waals surface area contributed by atoms with Crippen LogP contribution in [-0.2, 0) is 6.42 Å². The van der Waals surface area contributed by atoms with Gasteiger partial charge < -0.3 is 10.0 Å². The predicted molar refractivity (Wildman–Crippen MR) is 85.0 cm³/mol. The van der Waals surface area contributed by atoms with Gasteiger partial charge in [0.1, 0.15) is 0 Å². The number of benzene rings is 2. The summed E-state index contributed by atoms with van der Waals surface area (Å²) >= 11 is 0. The molecule has 0 amide bonds. The maximum Gasteiger partial charge on any atom is 0.335 e. The van der Waals surface area contributed by atoms with E-state index in [1.807, 2.05) is 19.1 Å². The van der Waals surface area contributed by atoms with Crippen molar-refractivity contribution in [2.45, 2.75) is 19.6 Å². The van der Waals surface area contributed by atoms with Crippen molar-refractivity contribution in [1.82, 2.24) is 0 Å². The van der Waals surface area contributed by atoms with Gasteiger partial charge in [0, 0.05) is 18.7 Å². The molecule has 0 saturated heterocycles. The van der Waals surface area contributed by atoms with E-state index in [1.165, 1.54) is 0 Å². The Labute approximate surface area is 129 Å². The molecule has 0 bridgehead atoms. The van der Waals surface area contributed by atoms with Crippen LogP contribution in [0.5, 0.6) is 0 Å². The van der Waals surface area contributed by atoms with Crippen LogP contribution in [0.25, 0.3) is 11.1 Å². The molecule has 3 rings (SSSR count). The molecular formula is C18H18FNO2. The highest BCUT2D eigenvalue weighted by Gasteiger charge is 2.29. The number of carboxylic acids is 1. The van der Waals surface area contributed by atoms with Gasteiger partial charge >= 0.3 is 5.97 Å². The predicted octanol–water partition coefficient (Wildman–Crippen LogP) is 3.98. The monoisotopic (exact) mass is 299 g/mol. The summed E-state index contributed by atoms with van der Waals surface area (Å²) in [5.74, 6) is -0.969. The molecule has 1 N–H and O–H groups in total. The largest absolute Gasteiger partial charge is 0.478 e. The van der Waals surface area contributed by atoms with E-state index in [9.17, 15) is 9.18 Å². The van der Waals surface area contributed by atoms with Crippen molar-refractivity contribution in [2.24, 2.45) is 5.92 Å². The van der Waals surface area contributed by atoms with Crippen LogP contribution in [0.2, 0.25) is 0 Å². The highest BCUT2D eigenvalue weighted by atomic mass is 19.1. The molecular weight excluding hydrogens is 281 g/mol. The zero-order valence-electron chi connectivity index (χ0n) is 12.6. The third-order valence-electron chi connectivity index (χ3n) is 4.31. The Hall–Kier alpha value is -2.36. The van der Waals surface area contributed by atoms with Crippen LogP contribution in [0, 0.1) is 5.92 Å². The standard InChI is InChI=1S/C18H18FNO2/c1-11-9-15-10-14(7-8-16(15)20(2)17(11)19)12-3-5-13(6-4-12)18(21)22/h3-8,10-11,17H,9H2,1-2H3,(H,21,22)/t11-,17-/m1/s1. The SMILES string of the molecule is C[C@@H]1Cc2cc(-c3ccc(C(=O)O)cc3)ccc2N(C)[C@H]1F. The quantitative estimate of drug-likeness (QED) is 0.853. The van der Waals surface area contributed by atoms with E-state index < -0.39 is 12.3 Å². The number of hydrogen-bond donors (Lipinski definition) is 1. The van der Waals surface area contributed by atoms with Gasteiger partial charge in [0.15, 0.2) is 6.30 Å². The zero-order chi connectivity index (χ0) is 15.9. The van der Waals surface area contributed by atoms with Crippen molar-refractivity contribution in [3.8, 4) is 11.1 Å². The van der Waals surface area contributed by atoms with E-state index in [0.717, 1.165) is 22.4 Å². The Morgan fingerprint density at radius 1 is 1.18 bits per heavy atom. The minimum Gasteiger partial charge on any atom is -0.478 e. The number of fused-ring (bicyclic) bond motifs is 1. The number of alkyl halides is 1. The van der Waals surface area contributed by atoms with Gasteiger partial charge in [0.25, 0.3) is 0 Å². The minimum atomic E-state index is -0.951. The maximum absolute atomic E-state index is 14.1. The lowest BCUT2D eigenvalue weighted by molar-refractivity contribution is 0.0697. The van der Waals surface area contributed by atoms with Gasteiger partial charge in [-0.1, -0.05) is 25.1 Å². The van der Waals surface area contributed by atoms with Gasteiger partial charge in [-0.3, -0.25) is 0 Å². The van der Waals surface area contributed by atoms with Crippen LogP contribution < -0.4 is 4.90 Å². The highest BCUT2D eigenvalue weighted by Crippen LogP contribution is 2.36. The van der Waals surface area contributed by atoms with Crippen LogP contribution in [0.1, 0.15) is 22.8 Å². The summed E-state index contributed by atoms with van der Waals surface area (Å²) in [6.07, 6.45) is -0.241. The first-order valence-corrected chi connectivity index (χ1v) is 7.31. The molecule has 0 spiro atoms. The second-order valence-electron chi connectivity index (χ2n) is 5.89. The lowest BCUT2D eigenvalue weighted by Crippen LogP contribution is -2.38. The normalized spacial score (nSPS) is 20.6. The van der Waals surface area contributed by atoms with Crippen LogP contribution in [-0.4, -0.2) is 24.4 Å². The summed E-state index contributed by atoms with van der Waals surface area (Å²) in [6.45, 7) is 1.92. The summed E-state index contributed by atoms with van der Waals surface area (Å²) in [4.78, 5) is 12.6.